The molecule has 0 radical (unpaired) electrons. The number of nitrogens with zero attached hydrogens (tertiary/aromatic N) is 1. The molecule has 2 fully saturated rings. The van der Waals surface area contributed by atoms with Gasteiger partial charge in [0.15, 0.2) is 0 Å². The van der Waals surface area contributed by atoms with Gasteiger partial charge >= 0.3 is 11.9 Å². The number of allylic oxidation sites excluding steroid dienone is 1. The number of carboxylic acids is 1. The van der Waals surface area contributed by atoms with Gasteiger partial charge in [0.05, 0.1) is 35.7 Å². The predicted molar refractivity (Wildman–Crippen MR) is 166 cm³/mol. The van der Waals surface area contributed by atoms with Crippen molar-refractivity contribution in [2.24, 2.45) is 23.2 Å². The summed E-state index contributed by atoms with van der Waals surface area (Å²) in [5, 5.41) is 24.7. The fourth-order valence-electron chi connectivity index (χ4n) is 7.14. The van der Waals surface area contributed by atoms with E-state index in [0.29, 0.717) is 32.1 Å². The van der Waals surface area contributed by atoms with Gasteiger partial charge in [-0.15, -0.1) is 0 Å². The maximum absolute atomic E-state index is 13.5. The van der Waals surface area contributed by atoms with Gasteiger partial charge < -0.3 is 24.6 Å². The van der Waals surface area contributed by atoms with Gasteiger partial charge in [-0.05, 0) is 73.3 Å². The molecule has 45 heavy (non-hydrogen) atoms. The molecular weight excluding hydrogens is 572 g/mol. The number of hydrogen-bond acceptors (Lipinski definition) is 7. The van der Waals surface area contributed by atoms with Crippen LogP contribution >= 0.6 is 0 Å². The molecule has 2 N–H and O–H groups in total. The van der Waals surface area contributed by atoms with Gasteiger partial charge in [-0.25, -0.2) is 0 Å². The summed E-state index contributed by atoms with van der Waals surface area (Å²) in [6, 6.07) is 18.5. The molecule has 0 aliphatic heterocycles. The van der Waals surface area contributed by atoms with Crippen LogP contribution in [0.3, 0.4) is 0 Å². The first kappa shape index (κ1) is 30.2. The number of carbonyl (C=O) groups is 3. The largest absolute Gasteiger partial charge is 0.496 e. The lowest BCUT2D eigenvalue weighted by Crippen LogP contribution is -2.45. The number of carboxylic acid groups (broad SMARTS) is 1. The highest BCUT2D eigenvalue weighted by Gasteiger charge is 2.49. The Hall–Kier alpha value is -4.84. The molecule has 4 atom stereocenters. The highest BCUT2D eigenvalue weighted by molar-refractivity contribution is 5.98. The molecule has 6 rings (SSSR count). The molecule has 9 heteroatoms. The summed E-state index contributed by atoms with van der Waals surface area (Å²) in [4.78, 5) is 38.6. The van der Waals surface area contributed by atoms with E-state index in [0.717, 1.165) is 16.3 Å². The lowest BCUT2D eigenvalue weighted by Gasteiger charge is -2.35. The van der Waals surface area contributed by atoms with Crippen LogP contribution in [-0.4, -0.2) is 42.2 Å². The number of carbonyl (C=O) groups excluding carboxylic acids is 2. The number of benzene rings is 3. The van der Waals surface area contributed by atoms with Crippen LogP contribution in [-0.2, 0) is 20.9 Å². The highest BCUT2D eigenvalue weighted by Crippen LogP contribution is 2.44. The third-order valence-corrected chi connectivity index (χ3v) is 9.77. The van der Waals surface area contributed by atoms with E-state index in [1.165, 1.54) is 19.2 Å². The zero-order valence-electron chi connectivity index (χ0n) is 25.3. The number of nitriles is 1. The van der Waals surface area contributed by atoms with Crippen molar-refractivity contribution < 1.29 is 33.7 Å². The average molecular weight is 609 g/mol. The molecule has 2 saturated carbocycles. The number of rotatable bonds is 9. The Morgan fingerprint density at radius 2 is 1.76 bits per heavy atom. The highest BCUT2D eigenvalue weighted by atomic mass is 16.5. The first-order valence-corrected chi connectivity index (χ1v) is 15.4. The van der Waals surface area contributed by atoms with E-state index < -0.39 is 29.3 Å². The second-order valence-corrected chi connectivity index (χ2v) is 12.6. The Morgan fingerprint density at radius 3 is 2.49 bits per heavy atom. The molecule has 232 valence electrons. The molecule has 0 unspecified atom stereocenters. The molecule has 1 amide bonds. The van der Waals surface area contributed by atoms with E-state index in [4.69, 9.17) is 14.2 Å². The molecule has 0 saturated heterocycles. The summed E-state index contributed by atoms with van der Waals surface area (Å²) in [5.74, 6) is -2.06. The molecule has 3 aromatic rings. The summed E-state index contributed by atoms with van der Waals surface area (Å²) in [6.45, 7) is 2.12. The standard InChI is InChI=1S/C36H36N2O7/c1-36(35(42)44-20-24-8-5-7-21-6-3-4-9-27(21)24)14-12-26(13-15-36)45-29-18-28(30(43-2)17-25(29)19-37)33(39)38-32-23-11-10-22(16-23)31(32)34(40)41/h3-11,17-18,22-23,26,31-32H,12-16,20H2,1-2H3,(H,38,39)(H,40,41)/t22-,23+,26?,31+,32-,36?/m1/s1. The lowest BCUT2D eigenvalue weighted by atomic mass is 9.74. The van der Waals surface area contributed by atoms with Crippen molar-refractivity contribution in [1.29, 1.82) is 5.26 Å². The van der Waals surface area contributed by atoms with E-state index in [1.54, 1.807) is 0 Å². The topological polar surface area (TPSA) is 135 Å². The molecule has 0 spiro atoms. The summed E-state index contributed by atoms with van der Waals surface area (Å²) in [6.07, 6.45) is 6.53. The molecule has 3 aliphatic rings. The molecular formula is C36H36N2O7. The van der Waals surface area contributed by atoms with Crippen molar-refractivity contribution in [2.45, 2.75) is 57.8 Å². The third-order valence-electron chi connectivity index (χ3n) is 9.77. The Labute approximate surface area is 261 Å². The van der Waals surface area contributed by atoms with Gasteiger partial charge in [-0.2, -0.15) is 5.26 Å². The Bertz CT molecular complexity index is 1710. The fourth-order valence-corrected chi connectivity index (χ4v) is 7.14. The zero-order chi connectivity index (χ0) is 31.7. The monoisotopic (exact) mass is 608 g/mol. The quantitative estimate of drug-likeness (QED) is 0.230. The zero-order valence-corrected chi connectivity index (χ0v) is 25.3. The number of fused-ring (bicyclic) bond motifs is 3. The van der Waals surface area contributed by atoms with E-state index in [1.807, 2.05) is 61.5 Å². The van der Waals surface area contributed by atoms with Gasteiger partial charge in [-0.3, -0.25) is 14.4 Å². The van der Waals surface area contributed by atoms with Crippen LogP contribution in [0.2, 0.25) is 0 Å². The maximum Gasteiger partial charge on any atom is 0.312 e. The van der Waals surface area contributed by atoms with E-state index >= 15 is 0 Å². The van der Waals surface area contributed by atoms with Crippen LogP contribution in [0.25, 0.3) is 10.8 Å². The molecule has 9 nitrogen and oxygen atoms in total. The van der Waals surface area contributed by atoms with Gasteiger partial charge in [0.1, 0.15) is 24.2 Å². The molecule has 3 aliphatic carbocycles. The average Bonchev–Trinajstić information content (AvgIpc) is 3.66. The van der Waals surface area contributed by atoms with E-state index in [-0.39, 0.29) is 53.1 Å². The fraction of sp³-hybridized carbons (Fsp3) is 0.389. The van der Waals surface area contributed by atoms with Crippen molar-refractivity contribution in [3.63, 3.8) is 0 Å². The van der Waals surface area contributed by atoms with Crippen LogP contribution in [0.5, 0.6) is 11.5 Å². The normalized spacial score (nSPS) is 26.6. The first-order chi connectivity index (χ1) is 21.7. The van der Waals surface area contributed by atoms with Crippen LogP contribution in [0.4, 0.5) is 0 Å². The lowest BCUT2D eigenvalue weighted by molar-refractivity contribution is -0.159. The number of esters is 1. The Morgan fingerprint density at radius 1 is 1.02 bits per heavy atom. The first-order valence-electron chi connectivity index (χ1n) is 15.4. The van der Waals surface area contributed by atoms with Gasteiger partial charge in [0.2, 0.25) is 0 Å². The van der Waals surface area contributed by atoms with Gasteiger partial charge in [-0.1, -0.05) is 54.6 Å². The molecule has 3 aromatic carbocycles. The molecule has 0 aromatic heterocycles. The number of ether oxygens (including phenoxy) is 3. The number of aliphatic carboxylic acids is 1. The molecule has 2 bridgehead atoms. The minimum absolute atomic E-state index is 0.0459. The number of methoxy groups -OCH3 is 1. The summed E-state index contributed by atoms with van der Waals surface area (Å²) in [5.41, 5.74) is 0.682. The summed E-state index contributed by atoms with van der Waals surface area (Å²) >= 11 is 0. The van der Waals surface area contributed by atoms with Crippen LogP contribution in [0, 0.1) is 34.5 Å². The van der Waals surface area contributed by atoms with E-state index in [2.05, 4.69) is 11.4 Å². The maximum atomic E-state index is 13.5. The smallest absolute Gasteiger partial charge is 0.312 e. The van der Waals surface area contributed by atoms with Crippen molar-refractivity contribution in [1.82, 2.24) is 5.32 Å². The number of nitrogens with one attached hydrogen (secondary N) is 1. The number of hydrogen-bond donors (Lipinski definition) is 2. The van der Waals surface area contributed by atoms with Crippen molar-refractivity contribution in [3.05, 3.63) is 83.4 Å². The van der Waals surface area contributed by atoms with Crippen LogP contribution in [0.15, 0.2) is 66.7 Å². The minimum atomic E-state index is -0.935. The SMILES string of the molecule is COc1cc(C#N)c(OC2CCC(C)(C(=O)OCc3cccc4ccccc34)CC2)cc1C(=O)N[C@H]1[C@@H](C(=O)O)[C@@H]2C=C[C@H]1C2. The van der Waals surface area contributed by atoms with E-state index in [9.17, 15) is 24.8 Å². The van der Waals surface area contributed by atoms with Gasteiger partial charge in [0.25, 0.3) is 5.91 Å². The molecule has 0 heterocycles. The number of amides is 1. The second-order valence-electron chi connectivity index (χ2n) is 12.6. The van der Waals surface area contributed by atoms with Crippen molar-refractivity contribution in [3.8, 4) is 17.6 Å². The Kier molecular flexibility index (Phi) is 8.24. The van der Waals surface area contributed by atoms with Crippen molar-refractivity contribution in [2.75, 3.05) is 7.11 Å². The predicted octanol–water partition coefficient (Wildman–Crippen LogP) is 5.80. The summed E-state index contributed by atoms with van der Waals surface area (Å²) in [7, 11) is 1.41. The van der Waals surface area contributed by atoms with Crippen LogP contribution < -0.4 is 14.8 Å². The minimum Gasteiger partial charge on any atom is -0.496 e. The van der Waals surface area contributed by atoms with Crippen molar-refractivity contribution >= 4 is 28.6 Å². The van der Waals surface area contributed by atoms with Gasteiger partial charge in [0, 0.05) is 12.1 Å². The van der Waals surface area contributed by atoms with Crippen LogP contribution in [0.1, 0.15) is 60.5 Å². The third kappa shape index (κ3) is 5.85. The Balaban J connectivity index is 1.11. The second kappa shape index (κ2) is 12.3. The summed E-state index contributed by atoms with van der Waals surface area (Å²) < 4.78 is 17.5.